The molecule has 10 nitrogen and oxygen atoms in total. The molecule has 0 radical (unpaired) electrons. The monoisotopic (exact) mass is 442 g/mol. The van der Waals surface area contributed by atoms with Crippen LogP contribution in [0.5, 0.6) is 0 Å². The molecule has 1 N–H and O–H groups in total. The van der Waals surface area contributed by atoms with Gasteiger partial charge in [0.05, 0.1) is 28.6 Å². The predicted octanol–water partition coefficient (Wildman–Crippen LogP) is 3.17. The third-order valence-corrected chi connectivity index (χ3v) is 5.89. The number of aromatic amines is 1. The van der Waals surface area contributed by atoms with Gasteiger partial charge in [-0.25, -0.2) is 9.67 Å². The van der Waals surface area contributed by atoms with Gasteiger partial charge in [-0.15, -0.1) is 11.8 Å². The number of non-ortho nitro benzene ring substituents is 1. The predicted molar refractivity (Wildman–Crippen MR) is 117 cm³/mol. The molecule has 4 rings (SSSR count). The van der Waals surface area contributed by atoms with Crippen molar-refractivity contribution >= 4 is 39.4 Å². The number of aromatic nitrogens is 4. The van der Waals surface area contributed by atoms with Gasteiger partial charge in [0.1, 0.15) is 29.8 Å². The van der Waals surface area contributed by atoms with Crippen LogP contribution in [0.25, 0.3) is 10.9 Å². The van der Waals surface area contributed by atoms with Crippen molar-refractivity contribution in [3.05, 3.63) is 52.2 Å². The first-order chi connectivity index (χ1) is 14.7. The molecule has 1 aliphatic rings. The summed E-state index contributed by atoms with van der Waals surface area (Å²) in [7, 11) is 0. The van der Waals surface area contributed by atoms with Gasteiger partial charge in [-0.3, -0.25) is 19.9 Å². The number of nitrogens with one attached hydrogen (secondary N) is 1. The molecule has 0 amide bonds. The third kappa shape index (κ3) is 4.61. The molecule has 0 saturated heterocycles. The molecule has 0 spiro atoms. The van der Waals surface area contributed by atoms with Crippen molar-refractivity contribution in [3.63, 3.8) is 0 Å². The topological polar surface area (TPSA) is 128 Å². The Morgan fingerprint density at radius 3 is 2.87 bits per heavy atom. The Labute approximate surface area is 182 Å². The summed E-state index contributed by atoms with van der Waals surface area (Å²) in [6.07, 6.45) is 2.99. The Kier molecular flexibility index (Phi) is 5.52. The van der Waals surface area contributed by atoms with Crippen LogP contribution < -0.4 is 0 Å². The summed E-state index contributed by atoms with van der Waals surface area (Å²) in [6, 6.07) is 5.16. The smallest absolute Gasteiger partial charge is 0.311 e. The van der Waals surface area contributed by atoms with E-state index in [2.05, 4.69) is 20.1 Å². The van der Waals surface area contributed by atoms with Crippen molar-refractivity contribution in [3.8, 4) is 0 Å². The Hall–Kier alpha value is -3.21. The number of benzene rings is 1. The van der Waals surface area contributed by atoms with E-state index in [0.29, 0.717) is 23.5 Å². The number of H-pyrrole nitrogens is 1. The molecule has 0 aliphatic carbocycles. The van der Waals surface area contributed by atoms with Crippen molar-refractivity contribution in [1.29, 1.82) is 0 Å². The van der Waals surface area contributed by atoms with Gasteiger partial charge in [0.25, 0.3) is 5.69 Å². The molecule has 11 heteroatoms. The zero-order chi connectivity index (χ0) is 22.2. The van der Waals surface area contributed by atoms with Gasteiger partial charge in [-0.1, -0.05) is 0 Å². The minimum absolute atomic E-state index is 0.00174. The van der Waals surface area contributed by atoms with E-state index in [1.54, 1.807) is 17.1 Å². The first-order valence-corrected chi connectivity index (χ1v) is 10.7. The van der Waals surface area contributed by atoms with E-state index in [-0.39, 0.29) is 24.3 Å². The van der Waals surface area contributed by atoms with Crippen LogP contribution in [0.1, 0.15) is 32.0 Å². The first-order valence-electron chi connectivity index (χ1n) is 9.71. The van der Waals surface area contributed by atoms with Crippen LogP contribution in [0, 0.1) is 15.5 Å². The minimum atomic E-state index is -0.557. The number of nitro benzene ring substituents is 1. The zero-order valence-electron chi connectivity index (χ0n) is 17.4. The average molecular weight is 443 g/mol. The van der Waals surface area contributed by atoms with E-state index in [4.69, 9.17) is 4.74 Å². The molecule has 1 aliphatic heterocycles. The van der Waals surface area contributed by atoms with E-state index in [1.807, 2.05) is 32.9 Å². The lowest BCUT2D eigenvalue weighted by atomic mass is 9.97. The maximum absolute atomic E-state index is 12.0. The summed E-state index contributed by atoms with van der Waals surface area (Å²) in [5, 5.41) is 17.2. The summed E-state index contributed by atoms with van der Waals surface area (Å²) in [5.41, 5.74) is 1.36. The number of fused-ring (bicyclic) bond motifs is 1. The molecule has 162 valence electrons. The average Bonchev–Trinajstić information content (AvgIpc) is 3.44. The molecule has 1 atom stereocenters. The third-order valence-electron chi connectivity index (χ3n) is 4.74. The lowest BCUT2D eigenvalue weighted by Gasteiger charge is -2.17. The fraction of sp³-hybridized carbons (Fsp3) is 0.400. The maximum atomic E-state index is 12.0. The molecule has 0 bridgehead atoms. The number of aliphatic imine (C=N–C) groups is 1. The second-order valence-corrected chi connectivity index (χ2v) is 9.37. The minimum Gasteiger partial charge on any atom is -0.463 e. The Morgan fingerprint density at radius 1 is 1.39 bits per heavy atom. The highest BCUT2D eigenvalue weighted by Crippen LogP contribution is 2.31. The zero-order valence-corrected chi connectivity index (χ0v) is 18.2. The van der Waals surface area contributed by atoms with Crippen molar-refractivity contribution in [2.24, 2.45) is 10.4 Å². The van der Waals surface area contributed by atoms with E-state index in [1.165, 1.54) is 18.1 Å². The van der Waals surface area contributed by atoms with Crippen molar-refractivity contribution in [2.45, 2.75) is 33.4 Å². The molecule has 3 aromatic rings. The molecule has 2 aromatic heterocycles. The highest BCUT2D eigenvalue weighted by Gasteiger charge is 2.27. The Bertz CT molecular complexity index is 1160. The van der Waals surface area contributed by atoms with Gasteiger partial charge >= 0.3 is 5.97 Å². The van der Waals surface area contributed by atoms with Gasteiger partial charge in [0.15, 0.2) is 0 Å². The standard InChI is InChI=1S/C20H22N6O4S/c1-20(2,3)19(27)30-8-14-9-31-18(23-14)15-6-13-4-12(7-25-11-21-10-22-25)5-16(26(28)29)17(13)24-15/h4-6,10-11,14,24H,7-9H2,1-3H3. The second kappa shape index (κ2) is 8.14. The lowest BCUT2D eigenvalue weighted by Crippen LogP contribution is -2.26. The van der Waals surface area contributed by atoms with Crippen molar-refractivity contribution in [1.82, 2.24) is 19.7 Å². The number of hydrogen-bond acceptors (Lipinski definition) is 8. The summed E-state index contributed by atoms with van der Waals surface area (Å²) < 4.78 is 6.99. The van der Waals surface area contributed by atoms with Crippen LogP contribution >= 0.6 is 11.8 Å². The summed E-state index contributed by atoms with van der Waals surface area (Å²) in [6.45, 7) is 6.02. The molecule has 0 fully saturated rings. The fourth-order valence-electron chi connectivity index (χ4n) is 3.17. The number of nitrogens with zero attached hydrogens (tertiary/aromatic N) is 5. The van der Waals surface area contributed by atoms with E-state index >= 15 is 0 Å². The summed E-state index contributed by atoms with van der Waals surface area (Å²) >= 11 is 1.54. The molecular formula is C20H22N6O4S. The first kappa shape index (κ1) is 21.0. The van der Waals surface area contributed by atoms with Crippen LogP contribution in [-0.4, -0.2) is 54.1 Å². The number of esters is 1. The molecular weight excluding hydrogens is 420 g/mol. The SMILES string of the molecule is CC(C)(C)C(=O)OCC1CSC(c2cc3cc(Cn4cncn4)cc([N+](=O)[O-])c3[nH]2)=N1. The van der Waals surface area contributed by atoms with E-state index < -0.39 is 10.3 Å². The van der Waals surface area contributed by atoms with Gasteiger partial charge in [-0.05, 0) is 38.5 Å². The molecule has 3 heterocycles. The molecule has 1 unspecified atom stereocenters. The van der Waals surface area contributed by atoms with Gasteiger partial charge < -0.3 is 9.72 Å². The largest absolute Gasteiger partial charge is 0.463 e. The Balaban J connectivity index is 1.58. The van der Waals surface area contributed by atoms with Crippen LogP contribution in [0.3, 0.4) is 0 Å². The Morgan fingerprint density at radius 2 is 2.19 bits per heavy atom. The molecule has 31 heavy (non-hydrogen) atoms. The van der Waals surface area contributed by atoms with Crippen LogP contribution in [0.4, 0.5) is 5.69 Å². The van der Waals surface area contributed by atoms with Crippen molar-refractivity contribution < 1.29 is 14.5 Å². The second-order valence-electron chi connectivity index (χ2n) is 8.36. The maximum Gasteiger partial charge on any atom is 0.311 e. The molecule has 0 saturated carbocycles. The van der Waals surface area contributed by atoms with Crippen LogP contribution in [0.15, 0.2) is 35.8 Å². The van der Waals surface area contributed by atoms with Crippen LogP contribution in [0.2, 0.25) is 0 Å². The lowest BCUT2D eigenvalue weighted by molar-refractivity contribution is -0.383. The number of carbonyl (C=O) groups is 1. The highest BCUT2D eigenvalue weighted by atomic mass is 32.2. The fourth-order valence-corrected chi connectivity index (χ4v) is 4.18. The number of thioether (sulfide) groups is 1. The molecule has 1 aromatic carbocycles. The van der Waals surface area contributed by atoms with Gasteiger partial charge in [-0.2, -0.15) is 5.10 Å². The van der Waals surface area contributed by atoms with E-state index in [9.17, 15) is 14.9 Å². The van der Waals surface area contributed by atoms with Gasteiger partial charge in [0.2, 0.25) is 0 Å². The number of hydrogen-bond donors (Lipinski definition) is 1. The number of nitro groups is 1. The normalized spacial score (nSPS) is 16.5. The van der Waals surface area contributed by atoms with E-state index in [0.717, 1.165) is 16.0 Å². The summed E-state index contributed by atoms with van der Waals surface area (Å²) in [5.74, 6) is 0.421. The number of ether oxygens (including phenoxy) is 1. The van der Waals surface area contributed by atoms with Crippen LogP contribution in [-0.2, 0) is 16.1 Å². The number of rotatable bonds is 6. The number of carbonyl (C=O) groups excluding carboxylic acids is 1. The summed E-state index contributed by atoms with van der Waals surface area (Å²) in [4.78, 5) is 34.9. The highest BCUT2D eigenvalue weighted by molar-refractivity contribution is 8.14. The van der Waals surface area contributed by atoms with Crippen molar-refractivity contribution in [2.75, 3.05) is 12.4 Å². The quantitative estimate of drug-likeness (QED) is 0.353. The van der Waals surface area contributed by atoms with Gasteiger partial charge in [0, 0.05) is 17.2 Å².